The molecule has 0 radical (unpaired) electrons. The van der Waals surface area contributed by atoms with E-state index < -0.39 is 0 Å². The van der Waals surface area contributed by atoms with Crippen molar-refractivity contribution in [3.63, 3.8) is 0 Å². The number of ether oxygens (including phenoxy) is 1. The smallest absolute Gasteiger partial charge is 0.257 e. The highest BCUT2D eigenvalue weighted by Gasteiger charge is 2.25. The molecule has 2 unspecified atom stereocenters. The third-order valence-corrected chi connectivity index (χ3v) is 6.37. The van der Waals surface area contributed by atoms with Gasteiger partial charge >= 0.3 is 0 Å². The third kappa shape index (κ3) is 5.41. The summed E-state index contributed by atoms with van der Waals surface area (Å²) < 4.78 is 11.2. The van der Waals surface area contributed by atoms with Crippen molar-refractivity contribution in [2.45, 2.75) is 46.1 Å². The first-order chi connectivity index (χ1) is 15.8. The molecule has 2 heterocycles. The maximum absolute atomic E-state index is 13.2. The summed E-state index contributed by atoms with van der Waals surface area (Å²) in [6.45, 7) is 8.84. The second kappa shape index (κ2) is 10.3. The number of carbonyl (C=O) groups is 1. The highest BCUT2D eigenvalue weighted by atomic mass is 35.5. The lowest BCUT2D eigenvalue weighted by atomic mass is 10.0. The fourth-order valence-electron chi connectivity index (χ4n) is 4.34. The molecule has 1 fully saturated rings. The zero-order valence-electron chi connectivity index (χ0n) is 18.9. The number of morpholine rings is 1. The standard InChI is InChI=1S/C25H27Cl2N3O3/c1-15-12-30(13-16(2)32-15)14-19-8-5-4-7-18(19)11-28-25(31)22-17(3)33-29-24(22)23-20(26)9-6-10-21(23)27/h4-10,15-16H,11-14H2,1-3H3,(H,28,31). The van der Waals surface area contributed by atoms with E-state index in [4.69, 9.17) is 32.5 Å². The maximum atomic E-state index is 13.2. The Bertz CT molecular complexity index is 1120. The van der Waals surface area contributed by atoms with E-state index in [2.05, 4.69) is 35.3 Å². The molecule has 0 saturated carbocycles. The van der Waals surface area contributed by atoms with Gasteiger partial charge in [-0.1, -0.05) is 58.7 Å². The first kappa shape index (κ1) is 23.8. The summed E-state index contributed by atoms with van der Waals surface area (Å²) in [4.78, 5) is 15.6. The van der Waals surface area contributed by atoms with E-state index in [-0.39, 0.29) is 18.1 Å². The fraction of sp³-hybridized carbons (Fsp3) is 0.360. The van der Waals surface area contributed by atoms with Crippen LogP contribution in [-0.2, 0) is 17.8 Å². The average Bonchev–Trinajstić information content (AvgIpc) is 3.13. The van der Waals surface area contributed by atoms with Gasteiger partial charge < -0.3 is 14.6 Å². The van der Waals surface area contributed by atoms with Crippen LogP contribution in [-0.4, -0.2) is 41.3 Å². The number of hydrogen-bond acceptors (Lipinski definition) is 5. The fourth-order valence-corrected chi connectivity index (χ4v) is 4.91. The molecule has 8 heteroatoms. The molecular weight excluding hydrogens is 461 g/mol. The lowest BCUT2D eigenvalue weighted by Crippen LogP contribution is -2.45. The highest BCUT2D eigenvalue weighted by molar-refractivity contribution is 6.39. The van der Waals surface area contributed by atoms with Gasteiger partial charge in [0.2, 0.25) is 0 Å². The highest BCUT2D eigenvalue weighted by Crippen LogP contribution is 2.36. The Morgan fingerprint density at radius 2 is 1.70 bits per heavy atom. The van der Waals surface area contributed by atoms with E-state index in [9.17, 15) is 4.79 Å². The number of amides is 1. The van der Waals surface area contributed by atoms with E-state index in [0.717, 1.165) is 25.2 Å². The average molecular weight is 488 g/mol. The van der Waals surface area contributed by atoms with Gasteiger partial charge in [-0.15, -0.1) is 0 Å². The number of nitrogens with one attached hydrogen (secondary N) is 1. The number of nitrogens with zero attached hydrogens (tertiary/aromatic N) is 2. The van der Waals surface area contributed by atoms with Gasteiger partial charge in [-0.3, -0.25) is 9.69 Å². The molecule has 6 nitrogen and oxygen atoms in total. The van der Waals surface area contributed by atoms with Crippen molar-refractivity contribution in [1.29, 1.82) is 0 Å². The number of benzene rings is 2. The normalized spacial score (nSPS) is 18.9. The topological polar surface area (TPSA) is 67.6 Å². The van der Waals surface area contributed by atoms with Gasteiger partial charge in [0.15, 0.2) is 0 Å². The van der Waals surface area contributed by atoms with Crippen molar-refractivity contribution >= 4 is 29.1 Å². The molecule has 3 aromatic rings. The van der Waals surface area contributed by atoms with Crippen LogP contribution < -0.4 is 5.32 Å². The predicted octanol–water partition coefficient (Wildman–Crippen LogP) is 5.50. The SMILES string of the molecule is Cc1onc(-c2c(Cl)cccc2Cl)c1C(=O)NCc1ccccc1CN1CC(C)OC(C)C1. The minimum atomic E-state index is -0.289. The van der Waals surface area contributed by atoms with Gasteiger partial charge in [0.25, 0.3) is 5.91 Å². The molecule has 0 bridgehead atoms. The molecule has 1 aliphatic heterocycles. The lowest BCUT2D eigenvalue weighted by molar-refractivity contribution is -0.0705. The first-order valence-electron chi connectivity index (χ1n) is 11.0. The van der Waals surface area contributed by atoms with Gasteiger partial charge in [-0.25, -0.2) is 0 Å². The third-order valence-electron chi connectivity index (χ3n) is 5.74. The Morgan fingerprint density at radius 1 is 1.06 bits per heavy atom. The molecular formula is C25H27Cl2N3O3. The molecule has 0 aliphatic carbocycles. The molecule has 2 aromatic carbocycles. The quantitative estimate of drug-likeness (QED) is 0.497. The molecule has 1 aromatic heterocycles. The van der Waals surface area contributed by atoms with Crippen molar-refractivity contribution in [2.75, 3.05) is 13.1 Å². The van der Waals surface area contributed by atoms with Crippen molar-refractivity contribution in [1.82, 2.24) is 15.4 Å². The minimum absolute atomic E-state index is 0.201. The van der Waals surface area contributed by atoms with Gasteiger partial charge in [-0.05, 0) is 44.0 Å². The summed E-state index contributed by atoms with van der Waals surface area (Å²) in [5, 5.41) is 7.90. The summed E-state index contributed by atoms with van der Waals surface area (Å²) in [6.07, 6.45) is 0.402. The van der Waals surface area contributed by atoms with Crippen LogP contribution in [0.2, 0.25) is 10.0 Å². The monoisotopic (exact) mass is 487 g/mol. The Labute approximate surface area is 203 Å². The molecule has 1 aliphatic rings. The lowest BCUT2D eigenvalue weighted by Gasteiger charge is -2.35. The van der Waals surface area contributed by atoms with Crippen LogP contribution in [0.3, 0.4) is 0 Å². The Kier molecular flexibility index (Phi) is 7.39. The van der Waals surface area contributed by atoms with Gasteiger partial charge in [0.05, 0.1) is 22.3 Å². The molecule has 1 N–H and O–H groups in total. The van der Waals surface area contributed by atoms with Crippen molar-refractivity contribution in [2.24, 2.45) is 0 Å². The van der Waals surface area contributed by atoms with Gasteiger partial charge in [0, 0.05) is 31.7 Å². The maximum Gasteiger partial charge on any atom is 0.257 e. The number of hydrogen-bond donors (Lipinski definition) is 1. The molecule has 1 saturated heterocycles. The minimum Gasteiger partial charge on any atom is -0.373 e. The zero-order chi connectivity index (χ0) is 23.5. The molecule has 2 atom stereocenters. The summed E-state index contributed by atoms with van der Waals surface area (Å²) in [6, 6.07) is 13.3. The number of aryl methyl sites for hydroxylation is 1. The second-order valence-corrected chi connectivity index (χ2v) is 9.28. The van der Waals surface area contributed by atoms with Crippen molar-refractivity contribution < 1.29 is 14.1 Å². The number of rotatable bonds is 6. The van der Waals surface area contributed by atoms with E-state index >= 15 is 0 Å². The van der Waals surface area contributed by atoms with E-state index in [1.807, 2.05) is 18.2 Å². The molecule has 33 heavy (non-hydrogen) atoms. The zero-order valence-corrected chi connectivity index (χ0v) is 20.4. The molecule has 4 rings (SSSR count). The first-order valence-corrected chi connectivity index (χ1v) is 11.7. The van der Waals surface area contributed by atoms with E-state index in [1.165, 1.54) is 5.56 Å². The molecule has 0 spiro atoms. The summed E-state index contributed by atoms with van der Waals surface area (Å²) in [5.74, 6) is 0.117. The van der Waals surface area contributed by atoms with Gasteiger partial charge in [-0.2, -0.15) is 0 Å². The van der Waals surface area contributed by atoms with E-state index in [1.54, 1.807) is 25.1 Å². The Hall–Kier alpha value is -2.38. The summed E-state index contributed by atoms with van der Waals surface area (Å²) in [7, 11) is 0. The van der Waals surface area contributed by atoms with Crippen LogP contribution in [0.4, 0.5) is 0 Å². The van der Waals surface area contributed by atoms with E-state index in [0.29, 0.717) is 39.2 Å². The van der Waals surface area contributed by atoms with Crippen LogP contribution in [0.5, 0.6) is 0 Å². The largest absolute Gasteiger partial charge is 0.373 e. The summed E-state index contributed by atoms with van der Waals surface area (Å²) in [5.41, 5.74) is 3.39. The van der Waals surface area contributed by atoms with Crippen molar-refractivity contribution in [3.8, 4) is 11.3 Å². The number of aromatic nitrogens is 1. The van der Waals surface area contributed by atoms with Crippen LogP contribution in [0.15, 0.2) is 47.0 Å². The second-order valence-electron chi connectivity index (χ2n) is 8.46. The van der Waals surface area contributed by atoms with Gasteiger partial charge in [0.1, 0.15) is 17.0 Å². The van der Waals surface area contributed by atoms with Crippen LogP contribution >= 0.6 is 23.2 Å². The van der Waals surface area contributed by atoms with Crippen molar-refractivity contribution in [3.05, 3.63) is 75.0 Å². The predicted molar refractivity (Wildman–Crippen MR) is 130 cm³/mol. The van der Waals surface area contributed by atoms with Crippen LogP contribution in [0.1, 0.15) is 41.1 Å². The molecule has 174 valence electrons. The number of halogens is 2. The summed E-state index contributed by atoms with van der Waals surface area (Å²) >= 11 is 12.7. The Balaban J connectivity index is 1.51. The molecule has 1 amide bonds. The van der Waals surface area contributed by atoms with Crippen LogP contribution in [0, 0.1) is 6.92 Å². The van der Waals surface area contributed by atoms with Crippen LogP contribution in [0.25, 0.3) is 11.3 Å². The number of carbonyl (C=O) groups excluding carboxylic acids is 1. The Morgan fingerprint density at radius 3 is 2.36 bits per heavy atom.